The zero-order chi connectivity index (χ0) is 19.4. The third-order valence-corrected chi connectivity index (χ3v) is 6.08. The molecule has 0 unspecified atom stereocenters. The lowest BCUT2D eigenvalue weighted by atomic mass is 10.2. The van der Waals surface area contributed by atoms with E-state index < -0.39 is 7.60 Å². The molecule has 146 valence electrons. The van der Waals surface area contributed by atoms with Crippen LogP contribution in [0, 0.1) is 0 Å². The topological polar surface area (TPSA) is 73.9 Å². The molecule has 0 saturated carbocycles. The van der Waals surface area contributed by atoms with E-state index in [0.717, 1.165) is 10.0 Å². The molecule has 1 aromatic carbocycles. The molecule has 1 amide bonds. The molecule has 1 N–H and O–H groups in total. The highest BCUT2D eigenvalue weighted by Gasteiger charge is 2.22. The molecule has 0 radical (unpaired) electrons. The fraction of sp³-hybridized carbons (Fsp3) is 0.500. The van der Waals surface area contributed by atoms with Crippen LogP contribution in [-0.4, -0.2) is 38.9 Å². The van der Waals surface area contributed by atoms with E-state index in [0.29, 0.717) is 44.5 Å². The van der Waals surface area contributed by atoms with E-state index >= 15 is 0 Å². The Morgan fingerprint density at radius 3 is 2.54 bits per heavy atom. The van der Waals surface area contributed by atoms with Crippen molar-refractivity contribution < 1.29 is 23.1 Å². The average Bonchev–Trinajstić information content (AvgIpc) is 2.60. The van der Waals surface area contributed by atoms with Crippen molar-refractivity contribution in [1.82, 2.24) is 5.32 Å². The highest BCUT2D eigenvalue weighted by atomic mass is 79.9. The number of nitrogens with one attached hydrogen (secondary N) is 1. The van der Waals surface area contributed by atoms with E-state index in [4.69, 9.17) is 13.8 Å². The molecular formula is C18H27BrNO5P. The third-order valence-electron chi connectivity index (χ3n) is 3.42. The number of methoxy groups -OCH3 is 1. The molecule has 0 saturated heterocycles. The van der Waals surface area contributed by atoms with Crippen LogP contribution in [0.2, 0.25) is 0 Å². The van der Waals surface area contributed by atoms with Crippen LogP contribution in [0.4, 0.5) is 0 Å². The summed E-state index contributed by atoms with van der Waals surface area (Å²) in [5, 5.41) is 2.81. The lowest BCUT2D eigenvalue weighted by Gasteiger charge is -2.16. The number of hydrogen-bond acceptors (Lipinski definition) is 5. The smallest absolute Gasteiger partial charge is 0.330 e. The van der Waals surface area contributed by atoms with Gasteiger partial charge in [0.25, 0.3) is 0 Å². The number of carbonyl (C=O) groups is 1. The molecule has 8 heteroatoms. The van der Waals surface area contributed by atoms with Gasteiger partial charge in [0.15, 0.2) is 0 Å². The fourth-order valence-corrected chi connectivity index (χ4v) is 4.37. The number of ether oxygens (including phenoxy) is 1. The maximum Gasteiger partial charge on any atom is 0.330 e. The molecule has 1 aromatic rings. The van der Waals surface area contributed by atoms with Crippen molar-refractivity contribution in [2.24, 2.45) is 0 Å². The van der Waals surface area contributed by atoms with Crippen molar-refractivity contribution in [3.8, 4) is 5.75 Å². The predicted molar refractivity (Wildman–Crippen MR) is 108 cm³/mol. The minimum absolute atomic E-state index is 0.190. The summed E-state index contributed by atoms with van der Waals surface area (Å²) in [6.45, 7) is 4.80. The summed E-state index contributed by atoms with van der Waals surface area (Å²) < 4.78 is 28.9. The van der Waals surface area contributed by atoms with E-state index in [9.17, 15) is 9.36 Å². The van der Waals surface area contributed by atoms with Gasteiger partial charge in [-0.2, -0.15) is 0 Å². The maximum atomic E-state index is 12.3. The van der Waals surface area contributed by atoms with Crippen LogP contribution >= 0.6 is 23.5 Å². The molecule has 0 bridgehead atoms. The molecule has 0 atom stereocenters. The van der Waals surface area contributed by atoms with Gasteiger partial charge in [-0.1, -0.05) is 15.9 Å². The van der Waals surface area contributed by atoms with Crippen LogP contribution < -0.4 is 10.1 Å². The summed E-state index contributed by atoms with van der Waals surface area (Å²) in [5.74, 6) is 0.504. The monoisotopic (exact) mass is 447 g/mol. The Balaban J connectivity index is 2.39. The number of unbranched alkanes of at least 4 members (excludes halogenated alkanes) is 1. The molecule has 0 aliphatic rings. The Labute approximate surface area is 164 Å². The quantitative estimate of drug-likeness (QED) is 0.287. The number of rotatable bonds is 12. The lowest BCUT2D eigenvalue weighted by molar-refractivity contribution is -0.116. The van der Waals surface area contributed by atoms with Crippen molar-refractivity contribution in [1.29, 1.82) is 0 Å². The number of benzene rings is 1. The third kappa shape index (κ3) is 8.49. The number of halogens is 1. The van der Waals surface area contributed by atoms with Crippen LogP contribution in [0.1, 0.15) is 32.3 Å². The number of hydrogen-bond donors (Lipinski definition) is 1. The second kappa shape index (κ2) is 12.3. The van der Waals surface area contributed by atoms with E-state index in [1.54, 1.807) is 27.0 Å². The van der Waals surface area contributed by atoms with Gasteiger partial charge in [0.2, 0.25) is 5.91 Å². The van der Waals surface area contributed by atoms with Crippen LogP contribution in [0.15, 0.2) is 28.7 Å². The minimum Gasteiger partial charge on any atom is -0.496 e. The second-order valence-electron chi connectivity index (χ2n) is 5.39. The standard InChI is InChI=1S/C18H27BrNO5P/c1-4-24-26(22,25-5-2)13-7-6-12-20-18(21)11-8-15-14-16(19)9-10-17(15)23-3/h8-11,14H,4-7,12-13H2,1-3H3,(H,20,21). The van der Waals surface area contributed by atoms with Crippen molar-refractivity contribution in [2.45, 2.75) is 26.7 Å². The van der Waals surface area contributed by atoms with Crippen molar-refractivity contribution in [3.05, 3.63) is 34.3 Å². The molecule has 26 heavy (non-hydrogen) atoms. The average molecular weight is 448 g/mol. The first-order valence-electron chi connectivity index (χ1n) is 8.61. The maximum absolute atomic E-state index is 12.3. The van der Waals surface area contributed by atoms with Gasteiger partial charge < -0.3 is 19.1 Å². The molecule has 0 aliphatic heterocycles. The zero-order valence-electron chi connectivity index (χ0n) is 15.5. The van der Waals surface area contributed by atoms with Crippen LogP contribution in [-0.2, 0) is 18.4 Å². The first-order chi connectivity index (χ1) is 12.4. The second-order valence-corrected chi connectivity index (χ2v) is 8.49. The molecule has 0 heterocycles. The Bertz CT molecular complexity index is 640. The van der Waals surface area contributed by atoms with Gasteiger partial charge in [-0.25, -0.2) is 0 Å². The lowest BCUT2D eigenvalue weighted by Crippen LogP contribution is -2.22. The summed E-state index contributed by atoms with van der Waals surface area (Å²) in [7, 11) is -1.41. The fourth-order valence-electron chi connectivity index (χ4n) is 2.26. The Morgan fingerprint density at radius 1 is 1.23 bits per heavy atom. The summed E-state index contributed by atoms with van der Waals surface area (Å²) in [5.41, 5.74) is 0.811. The first-order valence-corrected chi connectivity index (χ1v) is 11.1. The number of amides is 1. The van der Waals surface area contributed by atoms with Gasteiger partial charge in [-0.3, -0.25) is 9.36 Å². The van der Waals surface area contributed by atoms with Gasteiger partial charge in [-0.05, 0) is 51.0 Å². The van der Waals surface area contributed by atoms with Crippen molar-refractivity contribution >= 4 is 35.5 Å². The van der Waals surface area contributed by atoms with E-state index in [-0.39, 0.29) is 5.91 Å². The molecule has 0 spiro atoms. The SMILES string of the molecule is CCOP(=O)(CCCCNC(=O)C=Cc1cc(Br)ccc1OC)OCC. The Kier molecular flexibility index (Phi) is 10.8. The Hall–Kier alpha value is -1.14. The van der Waals surface area contributed by atoms with Crippen LogP contribution in [0.3, 0.4) is 0 Å². The van der Waals surface area contributed by atoms with Crippen molar-refractivity contribution in [3.63, 3.8) is 0 Å². The minimum atomic E-state index is -2.99. The number of carbonyl (C=O) groups excluding carboxylic acids is 1. The summed E-state index contributed by atoms with van der Waals surface area (Å²) in [6, 6.07) is 5.58. The van der Waals surface area contributed by atoms with Gasteiger partial charge in [0, 0.05) is 22.7 Å². The molecule has 6 nitrogen and oxygen atoms in total. The summed E-state index contributed by atoms with van der Waals surface area (Å²) in [6.07, 6.45) is 4.88. The predicted octanol–water partition coefficient (Wildman–Crippen LogP) is 4.63. The molecular weight excluding hydrogens is 421 g/mol. The van der Waals surface area contributed by atoms with E-state index in [1.165, 1.54) is 6.08 Å². The highest BCUT2D eigenvalue weighted by molar-refractivity contribution is 9.10. The van der Waals surface area contributed by atoms with Crippen LogP contribution in [0.5, 0.6) is 5.75 Å². The van der Waals surface area contributed by atoms with Gasteiger partial charge in [0.1, 0.15) is 5.75 Å². The largest absolute Gasteiger partial charge is 0.496 e. The molecule has 1 rings (SSSR count). The van der Waals surface area contributed by atoms with Crippen molar-refractivity contribution in [2.75, 3.05) is 33.0 Å². The van der Waals surface area contributed by atoms with E-state index in [1.807, 2.05) is 18.2 Å². The van der Waals surface area contributed by atoms with Gasteiger partial charge in [0.05, 0.1) is 26.5 Å². The highest BCUT2D eigenvalue weighted by Crippen LogP contribution is 2.48. The van der Waals surface area contributed by atoms with Gasteiger partial charge >= 0.3 is 7.60 Å². The van der Waals surface area contributed by atoms with E-state index in [2.05, 4.69) is 21.2 Å². The molecule has 0 fully saturated rings. The Morgan fingerprint density at radius 2 is 1.92 bits per heavy atom. The first kappa shape index (κ1) is 22.9. The molecule has 0 aromatic heterocycles. The summed E-state index contributed by atoms with van der Waals surface area (Å²) >= 11 is 3.40. The normalized spacial score (nSPS) is 11.7. The zero-order valence-corrected chi connectivity index (χ0v) is 18.0. The molecule has 0 aliphatic carbocycles. The van der Waals surface area contributed by atoms with Crippen LogP contribution in [0.25, 0.3) is 6.08 Å². The van der Waals surface area contributed by atoms with Gasteiger partial charge in [-0.15, -0.1) is 0 Å². The summed E-state index contributed by atoms with van der Waals surface area (Å²) in [4.78, 5) is 11.9.